The van der Waals surface area contributed by atoms with Crippen molar-refractivity contribution in [2.24, 2.45) is 0 Å². The van der Waals surface area contributed by atoms with E-state index in [1.807, 2.05) is 13.0 Å². The Hall–Kier alpha value is -2.69. The first-order chi connectivity index (χ1) is 17.9. The van der Waals surface area contributed by atoms with Crippen LogP contribution in [0.5, 0.6) is 0 Å². The first-order valence-corrected chi connectivity index (χ1v) is 14.6. The van der Waals surface area contributed by atoms with E-state index in [9.17, 15) is 22.7 Å². The molecule has 1 aliphatic heterocycles. The second-order valence-electron chi connectivity index (χ2n) is 10.1. The van der Waals surface area contributed by atoms with Crippen LogP contribution in [0.4, 0.5) is 4.39 Å². The number of pyridine rings is 1. The third-order valence-electron chi connectivity index (χ3n) is 7.42. The molecule has 5 rings (SSSR count). The van der Waals surface area contributed by atoms with Gasteiger partial charge in [0.25, 0.3) is 5.56 Å². The third-order valence-corrected chi connectivity index (χ3v) is 8.76. The number of aryl methyl sites for hydroxylation is 1. The fourth-order valence-electron chi connectivity index (χ4n) is 5.61. The number of aromatic amines is 1. The zero-order chi connectivity index (χ0) is 27.2. The lowest BCUT2D eigenvalue weighted by Gasteiger charge is -2.43. The Morgan fingerprint density at radius 2 is 1.87 bits per heavy atom. The van der Waals surface area contributed by atoms with E-state index in [1.165, 1.54) is 24.3 Å². The number of halogens is 2. The highest BCUT2D eigenvalue weighted by Gasteiger charge is 2.44. The van der Waals surface area contributed by atoms with Gasteiger partial charge in [-0.05, 0) is 96.9 Å². The first-order valence-electron chi connectivity index (χ1n) is 12.3. The van der Waals surface area contributed by atoms with Gasteiger partial charge in [0.15, 0.2) is 9.84 Å². The summed E-state index contributed by atoms with van der Waals surface area (Å²) in [5, 5.41) is 16.7. The maximum Gasteiger partial charge on any atom is 0.252 e. The molecule has 0 aliphatic carbocycles. The maximum absolute atomic E-state index is 13.8. The van der Waals surface area contributed by atoms with Crippen molar-refractivity contribution in [1.29, 1.82) is 0 Å². The molecule has 0 saturated carbocycles. The van der Waals surface area contributed by atoms with Gasteiger partial charge in [-0.3, -0.25) is 4.79 Å². The molecular weight excluding hydrogens is 559 g/mol. The summed E-state index contributed by atoms with van der Waals surface area (Å²) >= 11 is 6.34. The second kappa shape index (κ2) is 11.1. The molecule has 1 aliphatic rings. The average molecular weight is 589 g/mol. The molecule has 0 amide bonds. The van der Waals surface area contributed by atoms with Crippen LogP contribution in [0, 0.1) is 12.7 Å². The van der Waals surface area contributed by atoms with Gasteiger partial charge in [-0.25, -0.2) is 12.8 Å². The molecule has 2 heterocycles. The van der Waals surface area contributed by atoms with Crippen LogP contribution in [0.2, 0.25) is 5.02 Å². The Bertz CT molecular complexity index is 1710. The van der Waals surface area contributed by atoms with Crippen molar-refractivity contribution < 1.29 is 17.9 Å². The van der Waals surface area contributed by atoms with Crippen LogP contribution >= 0.6 is 25.1 Å². The molecule has 3 N–H and O–H groups in total. The van der Waals surface area contributed by atoms with Crippen LogP contribution in [-0.2, 0) is 9.84 Å². The quantitative estimate of drug-likeness (QED) is 0.300. The molecule has 6 nitrogen and oxygen atoms in total. The molecule has 3 aromatic carbocycles. The summed E-state index contributed by atoms with van der Waals surface area (Å²) in [6.45, 7) is 2.30. The zero-order valence-electron chi connectivity index (χ0n) is 21.5. The number of benzene rings is 3. The summed E-state index contributed by atoms with van der Waals surface area (Å²) in [6.07, 6.45) is 1.74. The molecule has 39 heavy (non-hydrogen) atoms. The van der Waals surface area contributed by atoms with Crippen LogP contribution < -0.4 is 10.9 Å². The predicted octanol–water partition coefficient (Wildman–Crippen LogP) is 5.13. The van der Waals surface area contributed by atoms with Gasteiger partial charge in [-0.15, -0.1) is 0 Å². The number of nitrogens with one attached hydrogen (secondary N) is 2. The van der Waals surface area contributed by atoms with Crippen molar-refractivity contribution in [3.8, 4) is 0 Å². The van der Waals surface area contributed by atoms with Crippen LogP contribution in [0.15, 0.2) is 76.4 Å². The SMILES string of the molecule is Cc1cc(F)ccc1C1CC(O)(C(c2cccc(Cl)c2)c2cc3cc(S(C)(=O)=O)ccc3[nH]c2=O)CCN1.S. The van der Waals surface area contributed by atoms with Gasteiger partial charge in [-0.2, -0.15) is 13.5 Å². The summed E-state index contributed by atoms with van der Waals surface area (Å²) in [4.78, 5) is 16.5. The molecule has 0 radical (unpaired) electrons. The van der Waals surface area contributed by atoms with Gasteiger partial charge in [0.2, 0.25) is 0 Å². The lowest BCUT2D eigenvalue weighted by Crippen LogP contribution is -2.49. The molecule has 3 unspecified atom stereocenters. The molecule has 3 atom stereocenters. The molecule has 1 saturated heterocycles. The summed E-state index contributed by atoms with van der Waals surface area (Å²) in [6, 6.07) is 17.6. The smallest absolute Gasteiger partial charge is 0.252 e. The van der Waals surface area contributed by atoms with Crippen molar-refractivity contribution in [2.45, 2.75) is 42.2 Å². The molecule has 10 heteroatoms. The third kappa shape index (κ3) is 5.93. The van der Waals surface area contributed by atoms with Crippen molar-refractivity contribution in [3.05, 3.63) is 110 Å². The monoisotopic (exact) mass is 588 g/mol. The van der Waals surface area contributed by atoms with E-state index in [4.69, 9.17) is 11.6 Å². The number of sulfone groups is 1. The summed E-state index contributed by atoms with van der Waals surface area (Å²) in [5.41, 5.74) is 1.37. The number of aromatic nitrogens is 1. The number of fused-ring (bicyclic) bond motifs is 1. The molecule has 206 valence electrons. The normalized spacial score (nSPS) is 20.4. The summed E-state index contributed by atoms with van der Waals surface area (Å²) in [5.74, 6) is -1.09. The largest absolute Gasteiger partial charge is 0.389 e. The fourth-order valence-corrected chi connectivity index (χ4v) is 6.47. The Morgan fingerprint density at radius 3 is 2.56 bits per heavy atom. The highest BCUT2D eigenvalue weighted by molar-refractivity contribution is 7.90. The Morgan fingerprint density at radius 1 is 1.10 bits per heavy atom. The topological polar surface area (TPSA) is 99.3 Å². The Balaban J connectivity index is 0.00000353. The highest BCUT2D eigenvalue weighted by Crippen LogP contribution is 2.44. The number of hydrogen-bond donors (Lipinski definition) is 3. The van der Waals surface area contributed by atoms with Gasteiger partial charge in [0, 0.05) is 34.3 Å². The Kier molecular flexibility index (Phi) is 8.31. The molecule has 0 bridgehead atoms. The molecule has 0 spiro atoms. The standard InChI is InChI=1S/C29H28ClFN2O4S.H2S/c1-17-12-21(31)6-8-23(17)26-16-29(35,10-11-32-26)27(18-4-3-5-20(30)13-18)24-15-19-14-22(38(2,36)37)7-9-25(19)33-28(24)34;/h3-9,12-15,26-27,32,35H,10-11,16H2,1-2H3,(H,33,34);1H2. The number of aliphatic hydroxyl groups is 1. The lowest BCUT2D eigenvalue weighted by atomic mass is 9.70. The lowest BCUT2D eigenvalue weighted by molar-refractivity contribution is -0.0194. The number of piperidine rings is 1. The van der Waals surface area contributed by atoms with Gasteiger partial charge in [0.1, 0.15) is 5.82 Å². The molecule has 4 aromatic rings. The van der Waals surface area contributed by atoms with E-state index in [-0.39, 0.29) is 42.2 Å². The number of rotatable bonds is 5. The highest BCUT2D eigenvalue weighted by atomic mass is 35.5. The number of hydrogen-bond acceptors (Lipinski definition) is 5. The van der Waals surface area contributed by atoms with E-state index in [2.05, 4.69) is 10.3 Å². The minimum atomic E-state index is -3.47. The van der Waals surface area contributed by atoms with Crippen LogP contribution in [-0.4, -0.2) is 36.9 Å². The van der Waals surface area contributed by atoms with Gasteiger partial charge < -0.3 is 15.4 Å². The van der Waals surface area contributed by atoms with Gasteiger partial charge >= 0.3 is 0 Å². The number of H-pyrrole nitrogens is 1. The maximum atomic E-state index is 13.8. The first kappa shape index (κ1) is 29.3. The van der Waals surface area contributed by atoms with Crippen LogP contribution in [0.25, 0.3) is 10.9 Å². The molecule has 1 fully saturated rings. The van der Waals surface area contributed by atoms with E-state index >= 15 is 0 Å². The average Bonchev–Trinajstić information content (AvgIpc) is 2.83. The molecular formula is C29H30ClFN2O4S2. The van der Waals surface area contributed by atoms with E-state index in [1.54, 1.807) is 36.4 Å². The van der Waals surface area contributed by atoms with Gasteiger partial charge in [-0.1, -0.05) is 29.8 Å². The van der Waals surface area contributed by atoms with E-state index < -0.39 is 21.4 Å². The zero-order valence-corrected chi connectivity index (χ0v) is 24.0. The minimum Gasteiger partial charge on any atom is -0.389 e. The van der Waals surface area contributed by atoms with E-state index in [0.717, 1.165) is 17.4 Å². The van der Waals surface area contributed by atoms with Gasteiger partial charge in [0.05, 0.1) is 10.5 Å². The van der Waals surface area contributed by atoms with E-state index in [0.29, 0.717) is 40.0 Å². The Labute approximate surface area is 238 Å². The van der Waals surface area contributed by atoms with Crippen LogP contribution in [0.1, 0.15) is 47.1 Å². The fraction of sp³-hybridized carbons (Fsp3) is 0.276. The van der Waals surface area contributed by atoms with Crippen molar-refractivity contribution >= 4 is 45.8 Å². The van der Waals surface area contributed by atoms with Crippen LogP contribution in [0.3, 0.4) is 0 Å². The summed E-state index contributed by atoms with van der Waals surface area (Å²) < 4.78 is 38.2. The second-order valence-corrected chi connectivity index (χ2v) is 12.6. The van der Waals surface area contributed by atoms with Crippen molar-refractivity contribution in [3.63, 3.8) is 0 Å². The summed E-state index contributed by atoms with van der Waals surface area (Å²) in [7, 11) is -3.47. The molecule has 1 aromatic heterocycles. The predicted molar refractivity (Wildman–Crippen MR) is 157 cm³/mol. The van der Waals surface area contributed by atoms with Crippen molar-refractivity contribution in [2.75, 3.05) is 12.8 Å². The van der Waals surface area contributed by atoms with Crippen molar-refractivity contribution in [1.82, 2.24) is 10.3 Å². The minimum absolute atomic E-state index is 0.